The fourth-order valence-corrected chi connectivity index (χ4v) is 7.50. The summed E-state index contributed by atoms with van der Waals surface area (Å²) in [5, 5.41) is 2.68. The molecule has 0 amide bonds. The number of aryl methyl sites for hydroxylation is 1. The van der Waals surface area contributed by atoms with E-state index in [0.29, 0.717) is 5.92 Å². The molecule has 1 atom stereocenters. The van der Waals surface area contributed by atoms with Crippen molar-refractivity contribution in [2.45, 2.75) is 57.8 Å². The van der Waals surface area contributed by atoms with E-state index in [9.17, 15) is 0 Å². The van der Waals surface area contributed by atoms with Crippen LogP contribution < -0.4 is 0 Å². The van der Waals surface area contributed by atoms with Crippen molar-refractivity contribution < 1.29 is 0 Å². The Balaban J connectivity index is 1.49. The maximum absolute atomic E-state index is 2.50. The SMILES string of the molecule is Cc1cccc2c(-c3ccc4c(c3)C(C)(C)c3cccc5c3C(C4)c3ccccc3C5(C)C)cccc12. The van der Waals surface area contributed by atoms with Gasteiger partial charge in [0.1, 0.15) is 0 Å². The first kappa shape index (κ1) is 22.5. The summed E-state index contributed by atoms with van der Waals surface area (Å²) >= 11 is 0. The van der Waals surface area contributed by atoms with Crippen molar-refractivity contribution in [1.29, 1.82) is 0 Å². The van der Waals surface area contributed by atoms with Crippen molar-refractivity contribution in [3.63, 3.8) is 0 Å². The highest BCUT2D eigenvalue weighted by Gasteiger charge is 2.43. The van der Waals surface area contributed by atoms with Crippen LogP contribution >= 0.6 is 0 Å². The lowest BCUT2D eigenvalue weighted by atomic mass is 9.62. The van der Waals surface area contributed by atoms with Gasteiger partial charge in [0.2, 0.25) is 0 Å². The second kappa shape index (κ2) is 7.68. The molecule has 5 aromatic rings. The van der Waals surface area contributed by atoms with Crippen molar-refractivity contribution >= 4 is 10.8 Å². The smallest absolute Gasteiger partial charge is 0.0152 e. The lowest BCUT2D eigenvalue weighted by Gasteiger charge is -2.41. The van der Waals surface area contributed by atoms with Crippen LogP contribution in [0.3, 0.4) is 0 Å². The first-order valence-electron chi connectivity index (χ1n) is 13.6. The van der Waals surface area contributed by atoms with E-state index in [2.05, 4.69) is 132 Å². The minimum absolute atomic E-state index is 0.00296. The van der Waals surface area contributed by atoms with Gasteiger partial charge in [-0.15, -0.1) is 0 Å². The highest BCUT2D eigenvalue weighted by atomic mass is 14.5. The molecular formula is C37H34. The Morgan fingerprint density at radius 1 is 0.595 bits per heavy atom. The van der Waals surface area contributed by atoms with Crippen molar-refractivity contribution in [3.8, 4) is 11.1 Å². The monoisotopic (exact) mass is 478 g/mol. The van der Waals surface area contributed by atoms with Gasteiger partial charge in [0.05, 0.1) is 0 Å². The van der Waals surface area contributed by atoms with Gasteiger partial charge in [-0.2, -0.15) is 0 Å². The van der Waals surface area contributed by atoms with E-state index in [1.54, 1.807) is 5.56 Å². The summed E-state index contributed by atoms with van der Waals surface area (Å²) in [7, 11) is 0. The van der Waals surface area contributed by atoms with Gasteiger partial charge in [0, 0.05) is 16.7 Å². The zero-order valence-corrected chi connectivity index (χ0v) is 22.5. The van der Waals surface area contributed by atoms with Crippen LogP contribution in [-0.2, 0) is 17.3 Å². The number of benzene rings is 5. The van der Waals surface area contributed by atoms with E-state index < -0.39 is 0 Å². The van der Waals surface area contributed by atoms with Gasteiger partial charge in [0.25, 0.3) is 0 Å². The highest BCUT2D eigenvalue weighted by molar-refractivity contribution is 5.98. The van der Waals surface area contributed by atoms with Crippen molar-refractivity contribution in [2.75, 3.05) is 0 Å². The van der Waals surface area contributed by atoms with Crippen LogP contribution in [0.15, 0.2) is 97.1 Å². The first-order valence-corrected chi connectivity index (χ1v) is 13.6. The summed E-state index contributed by atoms with van der Waals surface area (Å²) in [4.78, 5) is 0. The third-order valence-corrected chi connectivity index (χ3v) is 9.47. The summed E-state index contributed by atoms with van der Waals surface area (Å²) in [6.45, 7) is 11.9. The molecule has 0 aromatic heterocycles. The van der Waals surface area contributed by atoms with E-state index >= 15 is 0 Å². The molecule has 0 saturated carbocycles. The van der Waals surface area contributed by atoms with Gasteiger partial charge in [0.15, 0.2) is 0 Å². The molecule has 2 aliphatic carbocycles. The van der Waals surface area contributed by atoms with Gasteiger partial charge >= 0.3 is 0 Å². The summed E-state index contributed by atoms with van der Waals surface area (Å²) in [6, 6.07) is 37.0. The van der Waals surface area contributed by atoms with E-state index in [1.165, 1.54) is 60.8 Å². The number of hydrogen-bond acceptors (Lipinski definition) is 0. The third-order valence-electron chi connectivity index (χ3n) is 9.47. The highest BCUT2D eigenvalue weighted by Crippen LogP contribution is 2.54. The van der Waals surface area contributed by atoms with Crippen LogP contribution in [0.25, 0.3) is 21.9 Å². The molecule has 0 saturated heterocycles. The largest absolute Gasteiger partial charge is 0.0620 e. The molecule has 0 bridgehead atoms. The quantitative estimate of drug-likeness (QED) is 0.225. The molecule has 0 aliphatic heterocycles. The fourth-order valence-electron chi connectivity index (χ4n) is 7.50. The second-order valence-corrected chi connectivity index (χ2v) is 12.2. The Hall–Kier alpha value is -3.64. The normalized spacial score (nSPS) is 18.5. The molecular weight excluding hydrogens is 444 g/mol. The second-order valence-electron chi connectivity index (χ2n) is 12.2. The predicted octanol–water partition coefficient (Wildman–Crippen LogP) is 9.47. The van der Waals surface area contributed by atoms with Crippen LogP contribution in [0.1, 0.15) is 78.1 Å². The molecule has 0 heteroatoms. The Morgan fingerprint density at radius 2 is 1.24 bits per heavy atom. The molecule has 37 heavy (non-hydrogen) atoms. The Kier molecular flexibility index (Phi) is 4.68. The topological polar surface area (TPSA) is 0 Å². The Morgan fingerprint density at radius 3 is 2.05 bits per heavy atom. The van der Waals surface area contributed by atoms with E-state index in [1.807, 2.05) is 0 Å². The molecule has 0 radical (unpaired) electrons. The Bertz CT molecular complexity index is 1710. The molecule has 1 unspecified atom stereocenters. The van der Waals surface area contributed by atoms with Gasteiger partial charge in [-0.25, -0.2) is 0 Å². The van der Waals surface area contributed by atoms with Crippen molar-refractivity contribution in [3.05, 3.63) is 142 Å². The maximum Gasteiger partial charge on any atom is 0.0152 e. The van der Waals surface area contributed by atoms with E-state index in [4.69, 9.17) is 0 Å². The van der Waals surface area contributed by atoms with Crippen LogP contribution in [0.2, 0.25) is 0 Å². The van der Waals surface area contributed by atoms with Crippen LogP contribution in [0.5, 0.6) is 0 Å². The van der Waals surface area contributed by atoms with Crippen molar-refractivity contribution in [1.82, 2.24) is 0 Å². The zero-order valence-electron chi connectivity index (χ0n) is 22.5. The molecule has 0 fully saturated rings. The maximum atomic E-state index is 2.50. The summed E-state index contributed by atoms with van der Waals surface area (Å²) in [5.41, 5.74) is 14.4. The van der Waals surface area contributed by atoms with Gasteiger partial charge in [-0.3, -0.25) is 0 Å². The van der Waals surface area contributed by atoms with Crippen LogP contribution in [0, 0.1) is 6.92 Å². The molecule has 5 aromatic carbocycles. The third kappa shape index (κ3) is 3.08. The van der Waals surface area contributed by atoms with Gasteiger partial charge in [-0.1, -0.05) is 119 Å². The predicted molar refractivity (Wildman–Crippen MR) is 157 cm³/mol. The standard InChI is InChI=1S/C37H34/c1-23-11-8-15-28-26(23)13-9-14-27(28)24-19-20-25-21-30-29-12-6-7-16-31(29)36(2,3)32-17-10-18-33(35(30)32)37(4,5)34(25)22-24/h6-20,22,30H,21H2,1-5H3. The molecule has 182 valence electrons. The average Bonchev–Trinajstić information content (AvgIpc) is 3.00. The Labute approximate surface area is 221 Å². The molecule has 0 spiro atoms. The summed E-state index contributed by atoms with van der Waals surface area (Å²) < 4.78 is 0. The fraction of sp³-hybridized carbons (Fsp3) is 0.243. The molecule has 0 heterocycles. The van der Waals surface area contributed by atoms with Gasteiger partial charge < -0.3 is 0 Å². The van der Waals surface area contributed by atoms with Crippen LogP contribution in [-0.4, -0.2) is 0 Å². The molecule has 0 N–H and O–H groups in total. The first-order chi connectivity index (χ1) is 17.8. The van der Waals surface area contributed by atoms with Crippen LogP contribution in [0.4, 0.5) is 0 Å². The van der Waals surface area contributed by atoms with E-state index in [-0.39, 0.29) is 10.8 Å². The molecule has 0 nitrogen and oxygen atoms in total. The number of hydrogen-bond donors (Lipinski definition) is 0. The van der Waals surface area contributed by atoms with E-state index in [0.717, 1.165) is 6.42 Å². The lowest BCUT2D eigenvalue weighted by Crippen LogP contribution is -2.32. The summed E-state index contributed by atoms with van der Waals surface area (Å²) in [6.07, 6.45) is 1.05. The summed E-state index contributed by atoms with van der Waals surface area (Å²) in [5.74, 6) is 0.391. The molecule has 2 aliphatic rings. The average molecular weight is 479 g/mol. The zero-order chi connectivity index (χ0) is 25.5. The van der Waals surface area contributed by atoms with Gasteiger partial charge in [-0.05, 0) is 85.8 Å². The minimum atomic E-state index is -0.0890. The number of rotatable bonds is 1. The molecule has 7 rings (SSSR count). The minimum Gasteiger partial charge on any atom is -0.0620 e. The number of fused-ring (bicyclic) bond motifs is 4. The lowest BCUT2D eigenvalue weighted by molar-refractivity contribution is 0.569. The van der Waals surface area contributed by atoms with Crippen molar-refractivity contribution in [2.24, 2.45) is 0 Å².